The molecule has 0 spiro atoms. The second-order valence-corrected chi connectivity index (χ2v) is 12.3. The first-order valence-corrected chi connectivity index (χ1v) is 13.9. The lowest BCUT2D eigenvalue weighted by atomic mass is 10.1. The highest BCUT2D eigenvalue weighted by molar-refractivity contribution is 7.92. The molecule has 0 aliphatic carbocycles. The number of rotatable bonds is 9. The number of benzene rings is 2. The minimum Gasteiger partial charge on any atom is -0.350 e. The molecule has 1 atom stereocenters. The normalized spacial score (nSPS) is 12.7. The Morgan fingerprint density at radius 2 is 1.66 bits per heavy atom. The number of hydrogen-bond donors (Lipinski definition) is 1. The quantitative estimate of drug-likeness (QED) is 0.459. The molecule has 35 heavy (non-hydrogen) atoms. The molecule has 1 N–H and O–H groups in total. The van der Waals surface area contributed by atoms with Crippen molar-refractivity contribution < 1.29 is 18.0 Å². The minimum atomic E-state index is -3.88. The van der Waals surface area contributed by atoms with Crippen LogP contribution in [0.1, 0.15) is 39.7 Å². The van der Waals surface area contributed by atoms with Gasteiger partial charge in [-0.05, 0) is 57.0 Å². The molecule has 0 aliphatic heterocycles. The van der Waals surface area contributed by atoms with E-state index in [4.69, 9.17) is 34.8 Å². The SMILES string of the molecule is CC[C@H](C(=O)NC(C)(C)C)N(Cc1ccc(Cl)cc1Cl)C(=O)CN(c1ccccc1Cl)S(C)(=O)=O. The van der Waals surface area contributed by atoms with Crippen molar-refractivity contribution in [3.63, 3.8) is 0 Å². The largest absolute Gasteiger partial charge is 0.350 e. The molecular weight excluding hydrogens is 533 g/mol. The summed E-state index contributed by atoms with van der Waals surface area (Å²) in [7, 11) is -3.88. The summed E-state index contributed by atoms with van der Waals surface area (Å²) >= 11 is 18.6. The lowest BCUT2D eigenvalue weighted by Gasteiger charge is -2.34. The van der Waals surface area contributed by atoms with Crippen molar-refractivity contribution in [1.82, 2.24) is 10.2 Å². The monoisotopic (exact) mass is 561 g/mol. The third-order valence-corrected chi connectivity index (χ3v) is 7.07. The molecular formula is C24H30Cl3N3O4S. The molecule has 0 saturated carbocycles. The first kappa shape index (κ1) is 29.2. The van der Waals surface area contributed by atoms with E-state index < -0.39 is 34.1 Å². The Morgan fingerprint density at radius 1 is 1.03 bits per heavy atom. The molecule has 2 rings (SSSR count). The van der Waals surface area contributed by atoms with Gasteiger partial charge in [-0.3, -0.25) is 13.9 Å². The van der Waals surface area contributed by atoms with E-state index >= 15 is 0 Å². The highest BCUT2D eigenvalue weighted by Gasteiger charge is 2.33. The fourth-order valence-electron chi connectivity index (χ4n) is 3.45. The number of carbonyl (C=O) groups is 2. The molecule has 0 saturated heterocycles. The van der Waals surface area contributed by atoms with E-state index in [1.54, 1.807) is 37.3 Å². The predicted molar refractivity (Wildman–Crippen MR) is 143 cm³/mol. The van der Waals surface area contributed by atoms with Gasteiger partial charge in [-0.1, -0.05) is 59.9 Å². The number of sulfonamides is 1. The maximum absolute atomic E-state index is 13.7. The van der Waals surface area contributed by atoms with E-state index in [0.29, 0.717) is 22.0 Å². The number of halogens is 3. The van der Waals surface area contributed by atoms with Crippen molar-refractivity contribution in [2.24, 2.45) is 0 Å². The summed E-state index contributed by atoms with van der Waals surface area (Å²) in [5, 5.41) is 3.83. The van der Waals surface area contributed by atoms with E-state index in [1.807, 2.05) is 20.8 Å². The van der Waals surface area contributed by atoms with Gasteiger partial charge in [-0.15, -0.1) is 0 Å². The van der Waals surface area contributed by atoms with Crippen LogP contribution >= 0.6 is 34.8 Å². The Labute approximate surface area is 222 Å². The second kappa shape index (κ2) is 11.8. The summed E-state index contributed by atoms with van der Waals surface area (Å²) in [6.07, 6.45) is 1.29. The average Bonchev–Trinajstić information content (AvgIpc) is 2.71. The van der Waals surface area contributed by atoms with Gasteiger partial charge in [0.05, 0.1) is 17.0 Å². The maximum atomic E-state index is 13.7. The van der Waals surface area contributed by atoms with E-state index in [-0.39, 0.29) is 23.2 Å². The Balaban J connectivity index is 2.51. The summed E-state index contributed by atoms with van der Waals surface area (Å²) in [5.74, 6) is -0.945. The molecule has 7 nitrogen and oxygen atoms in total. The van der Waals surface area contributed by atoms with Gasteiger partial charge in [0.15, 0.2) is 0 Å². The molecule has 0 fully saturated rings. The summed E-state index contributed by atoms with van der Waals surface area (Å²) < 4.78 is 26.2. The van der Waals surface area contributed by atoms with E-state index in [0.717, 1.165) is 10.6 Å². The summed E-state index contributed by atoms with van der Waals surface area (Å²) in [5.41, 5.74) is 0.199. The molecule has 11 heteroatoms. The number of amides is 2. The van der Waals surface area contributed by atoms with Gasteiger partial charge in [0.2, 0.25) is 21.8 Å². The first-order valence-electron chi connectivity index (χ1n) is 10.9. The zero-order chi connectivity index (χ0) is 26.6. The Hall–Kier alpha value is -2.00. The van der Waals surface area contributed by atoms with Gasteiger partial charge >= 0.3 is 0 Å². The lowest BCUT2D eigenvalue weighted by Crippen LogP contribution is -2.55. The molecule has 0 radical (unpaired) electrons. The van der Waals surface area contributed by atoms with Crippen molar-refractivity contribution in [2.75, 3.05) is 17.1 Å². The number of carbonyl (C=O) groups excluding carboxylic acids is 2. The van der Waals surface area contributed by atoms with Crippen molar-refractivity contribution in [3.05, 3.63) is 63.1 Å². The topological polar surface area (TPSA) is 86.8 Å². The zero-order valence-corrected chi connectivity index (χ0v) is 23.4. The van der Waals surface area contributed by atoms with Crippen LogP contribution < -0.4 is 9.62 Å². The highest BCUT2D eigenvalue weighted by atomic mass is 35.5. The predicted octanol–water partition coefficient (Wildman–Crippen LogP) is 5.13. The van der Waals surface area contributed by atoms with Crippen molar-refractivity contribution in [1.29, 1.82) is 0 Å². The first-order chi connectivity index (χ1) is 16.1. The highest BCUT2D eigenvalue weighted by Crippen LogP contribution is 2.28. The van der Waals surface area contributed by atoms with Crippen LogP contribution in [-0.4, -0.2) is 49.5 Å². The maximum Gasteiger partial charge on any atom is 0.244 e. The second-order valence-electron chi connectivity index (χ2n) is 9.14. The number of hydrogen-bond acceptors (Lipinski definition) is 4. The van der Waals surface area contributed by atoms with Crippen LogP contribution in [0.15, 0.2) is 42.5 Å². The van der Waals surface area contributed by atoms with Gasteiger partial charge in [0.25, 0.3) is 0 Å². The molecule has 2 amide bonds. The van der Waals surface area contributed by atoms with Gasteiger partial charge in [0.1, 0.15) is 12.6 Å². The average molecular weight is 563 g/mol. The van der Waals surface area contributed by atoms with Crippen molar-refractivity contribution in [3.8, 4) is 0 Å². The van der Waals surface area contributed by atoms with Crippen LogP contribution in [0.4, 0.5) is 5.69 Å². The van der Waals surface area contributed by atoms with E-state index in [2.05, 4.69) is 5.32 Å². The Kier molecular flexibility index (Phi) is 9.87. The fourth-order valence-corrected chi connectivity index (χ4v) is 5.07. The smallest absolute Gasteiger partial charge is 0.244 e. The third-order valence-electron chi connectivity index (χ3n) is 5.04. The molecule has 2 aromatic carbocycles. The van der Waals surface area contributed by atoms with Crippen LogP contribution in [0.25, 0.3) is 0 Å². The molecule has 0 heterocycles. The number of anilines is 1. The Bertz CT molecular complexity index is 1180. The van der Waals surface area contributed by atoms with Gasteiger partial charge in [-0.2, -0.15) is 0 Å². The van der Waals surface area contributed by atoms with Crippen LogP contribution in [0.5, 0.6) is 0 Å². The fraction of sp³-hybridized carbons (Fsp3) is 0.417. The molecule has 0 bridgehead atoms. The number of nitrogens with one attached hydrogen (secondary N) is 1. The van der Waals surface area contributed by atoms with E-state index in [1.165, 1.54) is 17.0 Å². The van der Waals surface area contributed by atoms with Gasteiger partial charge in [-0.25, -0.2) is 8.42 Å². The standard InChI is InChI=1S/C24H30Cl3N3O4S/c1-6-20(23(32)28-24(2,3)4)29(14-16-11-12-17(25)13-19(16)27)22(31)15-30(35(5,33)34)21-10-8-7-9-18(21)26/h7-13,20H,6,14-15H2,1-5H3,(H,28,32)/t20-/m1/s1. The Morgan fingerprint density at radius 3 is 2.17 bits per heavy atom. The molecule has 192 valence electrons. The van der Waals surface area contributed by atoms with Crippen molar-refractivity contribution in [2.45, 2.75) is 52.2 Å². The van der Waals surface area contributed by atoms with Crippen LogP contribution in [0.2, 0.25) is 15.1 Å². The molecule has 0 aliphatic rings. The third kappa shape index (κ3) is 8.27. The van der Waals surface area contributed by atoms with Crippen molar-refractivity contribution >= 4 is 62.3 Å². The van der Waals surface area contributed by atoms with E-state index in [9.17, 15) is 18.0 Å². The molecule has 0 aromatic heterocycles. The number of nitrogens with zero attached hydrogens (tertiary/aromatic N) is 2. The lowest BCUT2D eigenvalue weighted by molar-refractivity contribution is -0.141. The molecule has 0 unspecified atom stereocenters. The van der Waals surface area contributed by atoms with Gasteiger partial charge < -0.3 is 10.2 Å². The minimum absolute atomic E-state index is 0.0228. The van der Waals surface area contributed by atoms with Crippen LogP contribution in [0, 0.1) is 0 Å². The number of para-hydroxylation sites is 1. The van der Waals surface area contributed by atoms with Gasteiger partial charge in [0, 0.05) is 22.1 Å². The van der Waals surface area contributed by atoms with Crippen LogP contribution in [0.3, 0.4) is 0 Å². The van der Waals surface area contributed by atoms with Crippen LogP contribution in [-0.2, 0) is 26.2 Å². The zero-order valence-electron chi connectivity index (χ0n) is 20.3. The summed E-state index contributed by atoms with van der Waals surface area (Å²) in [6.45, 7) is 6.71. The molecule has 2 aromatic rings. The summed E-state index contributed by atoms with van der Waals surface area (Å²) in [4.78, 5) is 28.2. The summed E-state index contributed by atoms with van der Waals surface area (Å²) in [6, 6.07) is 10.3.